The molecule has 1 aliphatic heterocycles. The first-order valence-corrected chi connectivity index (χ1v) is 8.54. The lowest BCUT2D eigenvalue weighted by atomic mass is 10.1. The van der Waals surface area contributed by atoms with Crippen LogP contribution in [0.5, 0.6) is 5.75 Å². The molecule has 1 fully saturated rings. The summed E-state index contributed by atoms with van der Waals surface area (Å²) in [6, 6.07) is 14.7. The van der Waals surface area contributed by atoms with Crippen LogP contribution in [0.1, 0.15) is 10.8 Å². The SMILES string of the molecule is COc1ccccc1SC(c1ccccc1F)[C@@H]1CNCCO1. The van der Waals surface area contributed by atoms with Gasteiger partial charge in [0.2, 0.25) is 0 Å². The fourth-order valence-corrected chi connectivity index (χ4v) is 4.02. The van der Waals surface area contributed by atoms with Crippen molar-refractivity contribution in [1.82, 2.24) is 5.32 Å². The second-order valence-electron chi connectivity index (χ2n) is 5.32. The van der Waals surface area contributed by atoms with Crippen LogP contribution in [0, 0.1) is 5.82 Å². The van der Waals surface area contributed by atoms with E-state index < -0.39 is 0 Å². The Morgan fingerprint density at radius 2 is 2.00 bits per heavy atom. The molecule has 0 amide bonds. The number of methoxy groups -OCH3 is 1. The standard InChI is InChI=1S/C18H20FNO2S/c1-21-15-8-4-5-9-17(15)23-18(16-12-20-10-11-22-16)13-6-2-3-7-14(13)19/h2-9,16,18,20H,10-12H2,1H3/t16-,18?/m0/s1. The van der Waals surface area contributed by atoms with Gasteiger partial charge >= 0.3 is 0 Å². The zero-order chi connectivity index (χ0) is 16.1. The van der Waals surface area contributed by atoms with E-state index in [0.29, 0.717) is 18.7 Å². The van der Waals surface area contributed by atoms with E-state index in [1.807, 2.05) is 36.4 Å². The van der Waals surface area contributed by atoms with Crippen molar-refractivity contribution in [2.45, 2.75) is 16.2 Å². The lowest BCUT2D eigenvalue weighted by Crippen LogP contribution is -2.41. The molecule has 122 valence electrons. The second-order valence-corrected chi connectivity index (χ2v) is 6.51. The van der Waals surface area contributed by atoms with E-state index in [1.165, 1.54) is 6.07 Å². The summed E-state index contributed by atoms with van der Waals surface area (Å²) in [6.07, 6.45) is -0.0874. The molecule has 0 bridgehead atoms. The minimum Gasteiger partial charge on any atom is -0.496 e. The Labute approximate surface area is 140 Å². The van der Waals surface area contributed by atoms with Crippen molar-refractivity contribution in [3.05, 3.63) is 59.9 Å². The highest BCUT2D eigenvalue weighted by Crippen LogP contribution is 2.43. The Hall–Kier alpha value is -1.56. The minimum atomic E-state index is -0.200. The smallest absolute Gasteiger partial charge is 0.132 e. The topological polar surface area (TPSA) is 30.5 Å². The van der Waals surface area contributed by atoms with Crippen molar-refractivity contribution in [2.75, 3.05) is 26.8 Å². The maximum Gasteiger partial charge on any atom is 0.132 e. The number of rotatable bonds is 5. The summed E-state index contributed by atoms with van der Waals surface area (Å²) in [4.78, 5) is 0.984. The van der Waals surface area contributed by atoms with Gasteiger partial charge in [-0.3, -0.25) is 0 Å². The van der Waals surface area contributed by atoms with E-state index >= 15 is 0 Å². The van der Waals surface area contributed by atoms with E-state index in [9.17, 15) is 4.39 Å². The number of morpholine rings is 1. The molecule has 2 aromatic rings. The molecular formula is C18H20FNO2S. The molecule has 0 saturated carbocycles. The molecule has 5 heteroatoms. The second kappa shape index (κ2) is 7.81. The lowest BCUT2D eigenvalue weighted by Gasteiger charge is -2.31. The fourth-order valence-electron chi connectivity index (χ4n) is 2.68. The van der Waals surface area contributed by atoms with Gasteiger partial charge in [-0.1, -0.05) is 30.3 Å². The first-order valence-electron chi connectivity index (χ1n) is 7.66. The lowest BCUT2D eigenvalue weighted by molar-refractivity contribution is 0.0268. The normalized spacial score (nSPS) is 19.3. The van der Waals surface area contributed by atoms with Crippen LogP contribution in [0.15, 0.2) is 53.4 Å². The monoisotopic (exact) mass is 333 g/mol. The summed E-state index contributed by atoms with van der Waals surface area (Å²) in [5, 5.41) is 3.19. The zero-order valence-corrected chi connectivity index (χ0v) is 13.8. The molecule has 3 rings (SSSR count). The van der Waals surface area contributed by atoms with Crippen LogP contribution in [-0.2, 0) is 4.74 Å². The van der Waals surface area contributed by atoms with Crippen LogP contribution in [0.3, 0.4) is 0 Å². The molecule has 0 radical (unpaired) electrons. The van der Waals surface area contributed by atoms with Crippen molar-refractivity contribution < 1.29 is 13.9 Å². The van der Waals surface area contributed by atoms with Crippen LogP contribution in [-0.4, -0.2) is 32.9 Å². The molecule has 1 unspecified atom stereocenters. The highest BCUT2D eigenvalue weighted by atomic mass is 32.2. The van der Waals surface area contributed by atoms with Crippen LogP contribution < -0.4 is 10.1 Å². The number of nitrogens with one attached hydrogen (secondary N) is 1. The van der Waals surface area contributed by atoms with Gasteiger partial charge in [0.25, 0.3) is 0 Å². The van der Waals surface area contributed by atoms with Gasteiger partial charge in [0.15, 0.2) is 0 Å². The minimum absolute atomic E-state index is 0.0874. The van der Waals surface area contributed by atoms with E-state index in [-0.39, 0.29) is 17.2 Å². The van der Waals surface area contributed by atoms with Gasteiger partial charge in [0.05, 0.1) is 30.0 Å². The predicted molar refractivity (Wildman–Crippen MR) is 90.6 cm³/mol. The molecule has 0 aromatic heterocycles. The average Bonchev–Trinajstić information content (AvgIpc) is 2.61. The molecule has 23 heavy (non-hydrogen) atoms. The van der Waals surface area contributed by atoms with Crippen molar-refractivity contribution in [1.29, 1.82) is 0 Å². The molecule has 3 nitrogen and oxygen atoms in total. The van der Waals surface area contributed by atoms with E-state index in [2.05, 4.69) is 5.32 Å². The van der Waals surface area contributed by atoms with Crippen LogP contribution >= 0.6 is 11.8 Å². The van der Waals surface area contributed by atoms with Gasteiger partial charge in [-0.05, 0) is 18.2 Å². The highest BCUT2D eigenvalue weighted by Gasteiger charge is 2.29. The van der Waals surface area contributed by atoms with Crippen LogP contribution in [0.2, 0.25) is 0 Å². The molecule has 2 atom stereocenters. The first-order chi connectivity index (χ1) is 11.3. The third-order valence-electron chi connectivity index (χ3n) is 3.83. The number of ether oxygens (including phenoxy) is 2. The third kappa shape index (κ3) is 3.86. The van der Waals surface area contributed by atoms with E-state index in [0.717, 1.165) is 17.2 Å². The Bertz CT molecular complexity index is 646. The van der Waals surface area contributed by atoms with Crippen molar-refractivity contribution in [3.8, 4) is 5.75 Å². The molecular weight excluding hydrogens is 313 g/mol. The number of para-hydroxylation sites is 1. The number of thioether (sulfide) groups is 1. The number of halogens is 1. The van der Waals surface area contributed by atoms with Gasteiger partial charge in [-0.25, -0.2) is 4.39 Å². The summed E-state index contributed by atoms with van der Waals surface area (Å²) in [7, 11) is 1.65. The molecule has 0 aliphatic carbocycles. The summed E-state index contributed by atoms with van der Waals surface area (Å²) in [5.74, 6) is 0.594. The van der Waals surface area contributed by atoms with Gasteiger partial charge in [-0.2, -0.15) is 0 Å². The summed E-state index contributed by atoms with van der Waals surface area (Å²) in [5.41, 5.74) is 0.664. The van der Waals surface area contributed by atoms with E-state index in [4.69, 9.17) is 9.47 Å². The Balaban J connectivity index is 1.93. The van der Waals surface area contributed by atoms with Crippen LogP contribution in [0.25, 0.3) is 0 Å². The highest BCUT2D eigenvalue weighted by molar-refractivity contribution is 7.99. The maximum absolute atomic E-state index is 14.4. The van der Waals surface area contributed by atoms with Gasteiger partial charge in [0.1, 0.15) is 11.6 Å². The van der Waals surface area contributed by atoms with Crippen molar-refractivity contribution in [3.63, 3.8) is 0 Å². The van der Waals surface area contributed by atoms with Crippen LogP contribution in [0.4, 0.5) is 4.39 Å². The van der Waals surface area contributed by atoms with Crippen molar-refractivity contribution >= 4 is 11.8 Å². The van der Waals surface area contributed by atoms with E-state index in [1.54, 1.807) is 24.9 Å². The molecule has 1 saturated heterocycles. The fraction of sp³-hybridized carbons (Fsp3) is 0.333. The van der Waals surface area contributed by atoms with Crippen molar-refractivity contribution in [2.24, 2.45) is 0 Å². The number of benzene rings is 2. The quantitative estimate of drug-likeness (QED) is 0.846. The summed E-state index contributed by atoms with van der Waals surface area (Å²) in [6.45, 7) is 2.18. The molecule has 2 aromatic carbocycles. The predicted octanol–water partition coefficient (Wildman–Crippen LogP) is 3.66. The number of hydrogen-bond donors (Lipinski definition) is 1. The summed E-state index contributed by atoms with van der Waals surface area (Å²) >= 11 is 1.58. The van der Waals surface area contributed by atoms with Gasteiger partial charge < -0.3 is 14.8 Å². The molecule has 1 heterocycles. The third-order valence-corrected chi connectivity index (χ3v) is 5.23. The largest absolute Gasteiger partial charge is 0.496 e. The number of hydrogen-bond acceptors (Lipinski definition) is 4. The molecule has 0 spiro atoms. The Kier molecular flexibility index (Phi) is 5.54. The van der Waals surface area contributed by atoms with Gasteiger partial charge in [0, 0.05) is 18.7 Å². The maximum atomic E-state index is 14.4. The Morgan fingerprint density at radius 3 is 2.74 bits per heavy atom. The molecule has 1 aliphatic rings. The Morgan fingerprint density at radius 1 is 1.22 bits per heavy atom. The zero-order valence-electron chi connectivity index (χ0n) is 13.0. The average molecular weight is 333 g/mol. The first kappa shape index (κ1) is 16.3. The molecule has 1 N–H and O–H groups in total. The van der Waals surface area contributed by atoms with Gasteiger partial charge in [-0.15, -0.1) is 11.8 Å². The summed E-state index contributed by atoms with van der Waals surface area (Å²) < 4.78 is 25.7.